The molecule has 0 spiro atoms. The van der Waals surface area contributed by atoms with Crippen molar-refractivity contribution in [1.29, 1.82) is 0 Å². The van der Waals surface area contributed by atoms with Crippen LogP contribution in [-0.4, -0.2) is 35.4 Å². The van der Waals surface area contributed by atoms with E-state index in [1.807, 2.05) is 31.2 Å². The number of carbonyl (C=O) groups is 2. The minimum absolute atomic E-state index is 0.143. The highest BCUT2D eigenvalue weighted by molar-refractivity contribution is 5.88. The summed E-state index contributed by atoms with van der Waals surface area (Å²) in [7, 11) is 0. The van der Waals surface area contributed by atoms with Gasteiger partial charge in [-0.05, 0) is 62.1 Å². The summed E-state index contributed by atoms with van der Waals surface area (Å²) in [5.74, 6) is -0.396. The zero-order valence-corrected chi connectivity index (χ0v) is 18.3. The monoisotopic (exact) mass is 426 g/mol. The number of carbonyl (C=O) groups excluding carboxylic acids is 2. The lowest BCUT2D eigenvalue weighted by Gasteiger charge is -2.31. The van der Waals surface area contributed by atoms with Crippen LogP contribution in [0.5, 0.6) is 5.75 Å². The SMILES string of the molecule is Cc1ccccc1CN(C(=O)COc1ccc(F)cc1)[C@@H](C)C(=O)NC1CCCCC1. The fourth-order valence-electron chi connectivity index (χ4n) is 3.88. The summed E-state index contributed by atoms with van der Waals surface area (Å²) in [6, 6.07) is 12.9. The van der Waals surface area contributed by atoms with Crippen molar-refractivity contribution >= 4 is 11.8 Å². The van der Waals surface area contributed by atoms with Gasteiger partial charge in [0.25, 0.3) is 5.91 Å². The van der Waals surface area contributed by atoms with Crippen molar-refractivity contribution in [2.75, 3.05) is 6.61 Å². The Kier molecular flexibility index (Phi) is 8.04. The molecule has 0 bridgehead atoms. The molecule has 2 aromatic rings. The normalized spacial score (nSPS) is 15.2. The van der Waals surface area contributed by atoms with Crippen molar-refractivity contribution in [1.82, 2.24) is 10.2 Å². The molecule has 6 heteroatoms. The first-order valence-electron chi connectivity index (χ1n) is 11.0. The number of benzene rings is 2. The Balaban J connectivity index is 1.71. The molecule has 2 amide bonds. The second kappa shape index (κ2) is 10.9. The Labute approximate surface area is 183 Å². The smallest absolute Gasteiger partial charge is 0.261 e. The van der Waals surface area contributed by atoms with Crippen LogP contribution in [0.3, 0.4) is 0 Å². The molecular weight excluding hydrogens is 395 g/mol. The number of halogens is 1. The highest BCUT2D eigenvalue weighted by atomic mass is 19.1. The van der Waals surface area contributed by atoms with E-state index in [1.54, 1.807) is 11.8 Å². The third kappa shape index (κ3) is 6.54. The zero-order chi connectivity index (χ0) is 22.2. The van der Waals surface area contributed by atoms with Gasteiger partial charge in [0.1, 0.15) is 17.6 Å². The number of ether oxygens (including phenoxy) is 1. The van der Waals surface area contributed by atoms with Gasteiger partial charge in [-0.25, -0.2) is 4.39 Å². The summed E-state index contributed by atoms with van der Waals surface area (Å²) in [5, 5.41) is 3.12. The Hall–Kier alpha value is -2.89. The van der Waals surface area contributed by atoms with E-state index in [4.69, 9.17) is 4.74 Å². The number of rotatable bonds is 8. The Bertz CT molecular complexity index is 879. The van der Waals surface area contributed by atoms with E-state index in [0.29, 0.717) is 12.3 Å². The van der Waals surface area contributed by atoms with Crippen molar-refractivity contribution in [2.24, 2.45) is 0 Å². The van der Waals surface area contributed by atoms with Crippen molar-refractivity contribution in [3.05, 3.63) is 65.5 Å². The summed E-state index contributed by atoms with van der Waals surface area (Å²) in [5.41, 5.74) is 2.04. The Morgan fingerprint density at radius 1 is 1.10 bits per heavy atom. The zero-order valence-electron chi connectivity index (χ0n) is 18.3. The maximum absolute atomic E-state index is 13.1. The maximum atomic E-state index is 13.1. The first-order valence-corrected chi connectivity index (χ1v) is 11.0. The predicted octanol–water partition coefficient (Wildman–Crippen LogP) is 4.38. The van der Waals surface area contributed by atoms with E-state index in [0.717, 1.165) is 36.8 Å². The summed E-state index contributed by atoms with van der Waals surface area (Å²) in [6.45, 7) is 3.84. The molecule has 0 unspecified atom stereocenters. The van der Waals surface area contributed by atoms with E-state index in [-0.39, 0.29) is 30.3 Å². The molecule has 0 aliphatic heterocycles. The van der Waals surface area contributed by atoms with Crippen LogP contribution in [0.1, 0.15) is 50.2 Å². The lowest BCUT2D eigenvalue weighted by molar-refractivity contribution is -0.142. The van der Waals surface area contributed by atoms with Gasteiger partial charge >= 0.3 is 0 Å². The van der Waals surface area contributed by atoms with E-state index < -0.39 is 6.04 Å². The Morgan fingerprint density at radius 3 is 2.45 bits per heavy atom. The van der Waals surface area contributed by atoms with Gasteiger partial charge in [-0.2, -0.15) is 0 Å². The van der Waals surface area contributed by atoms with Gasteiger partial charge in [0.2, 0.25) is 5.91 Å². The average molecular weight is 427 g/mol. The number of hydrogen-bond acceptors (Lipinski definition) is 3. The molecule has 1 aliphatic rings. The minimum atomic E-state index is -0.633. The van der Waals surface area contributed by atoms with Crippen molar-refractivity contribution in [2.45, 2.75) is 64.6 Å². The first kappa shape index (κ1) is 22.8. The fourth-order valence-corrected chi connectivity index (χ4v) is 3.88. The number of hydrogen-bond donors (Lipinski definition) is 1. The van der Waals surface area contributed by atoms with E-state index in [2.05, 4.69) is 5.32 Å². The summed E-state index contributed by atoms with van der Waals surface area (Å²) >= 11 is 0. The van der Waals surface area contributed by atoms with Crippen LogP contribution in [0.4, 0.5) is 4.39 Å². The van der Waals surface area contributed by atoms with Crippen LogP contribution in [0.15, 0.2) is 48.5 Å². The highest BCUT2D eigenvalue weighted by Gasteiger charge is 2.28. The van der Waals surface area contributed by atoms with Gasteiger partial charge in [0.15, 0.2) is 6.61 Å². The number of aryl methyl sites for hydroxylation is 1. The summed E-state index contributed by atoms with van der Waals surface area (Å²) in [6.07, 6.45) is 5.42. The third-order valence-electron chi connectivity index (χ3n) is 5.90. The topological polar surface area (TPSA) is 58.6 Å². The van der Waals surface area contributed by atoms with Crippen molar-refractivity contribution in [3.8, 4) is 5.75 Å². The van der Waals surface area contributed by atoms with Crippen LogP contribution in [0, 0.1) is 12.7 Å². The molecule has 1 saturated carbocycles. The highest BCUT2D eigenvalue weighted by Crippen LogP contribution is 2.19. The second-order valence-electron chi connectivity index (χ2n) is 8.21. The molecular formula is C25H31FN2O3. The van der Waals surface area contributed by atoms with Crippen LogP contribution in [0.25, 0.3) is 0 Å². The quantitative estimate of drug-likeness (QED) is 0.682. The van der Waals surface area contributed by atoms with Gasteiger partial charge in [-0.1, -0.05) is 43.5 Å². The van der Waals surface area contributed by atoms with Crippen LogP contribution < -0.4 is 10.1 Å². The van der Waals surface area contributed by atoms with Crippen LogP contribution in [0.2, 0.25) is 0 Å². The predicted molar refractivity (Wildman–Crippen MR) is 118 cm³/mol. The van der Waals surface area contributed by atoms with Gasteiger partial charge in [0, 0.05) is 12.6 Å². The molecule has 2 aromatic carbocycles. The largest absolute Gasteiger partial charge is 0.484 e. The molecule has 0 saturated heterocycles. The fraction of sp³-hybridized carbons (Fsp3) is 0.440. The molecule has 1 atom stereocenters. The number of nitrogens with one attached hydrogen (secondary N) is 1. The summed E-state index contributed by atoms with van der Waals surface area (Å²) in [4.78, 5) is 27.6. The molecule has 3 rings (SSSR count). The molecule has 31 heavy (non-hydrogen) atoms. The molecule has 0 aromatic heterocycles. The standard InChI is InChI=1S/C25H31FN2O3/c1-18-8-6-7-9-20(18)16-28(19(2)25(30)27-22-10-4-3-5-11-22)24(29)17-31-23-14-12-21(26)13-15-23/h6-9,12-15,19,22H,3-5,10-11,16-17H2,1-2H3,(H,27,30)/t19-/m0/s1. The van der Waals surface area contributed by atoms with Gasteiger partial charge < -0.3 is 15.0 Å². The molecule has 1 N–H and O–H groups in total. The summed E-state index contributed by atoms with van der Waals surface area (Å²) < 4.78 is 18.7. The molecule has 0 heterocycles. The van der Waals surface area contributed by atoms with E-state index >= 15 is 0 Å². The lowest BCUT2D eigenvalue weighted by Crippen LogP contribution is -2.51. The maximum Gasteiger partial charge on any atom is 0.261 e. The van der Waals surface area contributed by atoms with Gasteiger partial charge in [-0.3, -0.25) is 9.59 Å². The van der Waals surface area contributed by atoms with E-state index in [1.165, 1.54) is 30.7 Å². The Morgan fingerprint density at radius 2 is 1.77 bits per heavy atom. The van der Waals surface area contributed by atoms with Crippen molar-refractivity contribution in [3.63, 3.8) is 0 Å². The minimum Gasteiger partial charge on any atom is -0.484 e. The number of amides is 2. The number of nitrogens with zero attached hydrogens (tertiary/aromatic N) is 1. The molecule has 1 aliphatic carbocycles. The van der Waals surface area contributed by atoms with Gasteiger partial charge in [0.05, 0.1) is 0 Å². The first-order chi connectivity index (χ1) is 14.9. The van der Waals surface area contributed by atoms with Crippen LogP contribution in [-0.2, 0) is 16.1 Å². The molecule has 5 nitrogen and oxygen atoms in total. The van der Waals surface area contributed by atoms with Gasteiger partial charge in [-0.15, -0.1) is 0 Å². The molecule has 1 fully saturated rings. The third-order valence-corrected chi connectivity index (χ3v) is 5.90. The van der Waals surface area contributed by atoms with Crippen LogP contribution >= 0.6 is 0 Å². The van der Waals surface area contributed by atoms with E-state index in [9.17, 15) is 14.0 Å². The second-order valence-corrected chi connectivity index (χ2v) is 8.21. The molecule has 166 valence electrons. The lowest BCUT2D eigenvalue weighted by atomic mass is 9.95. The van der Waals surface area contributed by atoms with Crippen molar-refractivity contribution < 1.29 is 18.7 Å². The average Bonchev–Trinajstić information content (AvgIpc) is 2.78. The molecule has 0 radical (unpaired) electrons.